The van der Waals surface area contributed by atoms with Crippen molar-refractivity contribution >= 4 is 58.5 Å². The monoisotopic (exact) mass is 555 g/mol. The molecule has 8 heteroatoms. The highest BCUT2D eigenvalue weighted by atomic mass is 35.5. The molecule has 6 nitrogen and oxygen atoms in total. The lowest BCUT2D eigenvalue weighted by molar-refractivity contribution is -0.114. The summed E-state index contributed by atoms with van der Waals surface area (Å²) in [5.74, 6) is -0.899. The van der Waals surface area contributed by atoms with Gasteiger partial charge in [-0.1, -0.05) is 72.3 Å². The maximum Gasteiger partial charge on any atom is 0.272 e. The van der Waals surface area contributed by atoms with E-state index in [0.29, 0.717) is 22.0 Å². The van der Waals surface area contributed by atoms with Crippen molar-refractivity contribution in [2.45, 2.75) is 11.8 Å². The number of nitrogens with one attached hydrogen (secondary N) is 3. The standard InChI is InChI=1S/C31H26ClN3O3S/c1-21-10-5-6-13-23(21)18-28(35-30(37)22-11-3-2-4-12-22)31(38)33-24-14-9-15-25(19-24)39-20-29(36)34-27-17-8-7-16-26(27)32/h2-19H,20H2,1H3,(H,33,38)(H,34,36)(H,35,37)/b28-18-. The molecule has 3 amide bonds. The average Bonchev–Trinajstić information content (AvgIpc) is 2.94. The number of para-hydroxylation sites is 1. The molecule has 0 radical (unpaired) electrons. The summed E-state index contributed by atoms with van der Waals surface area (Å²) in [6.45, 7) is 1.93. The van der Waals surface area contributed by atoms with Gasteiger partial charge >= 0.3 is 0 Å². The van der Waals surface area contributed by atoms with Crippen LogP contribution in [0.5, 0.6) is 0 Å². The Bertz CT molecular complexity index is 1520. The molecule has 0 saturated heterocycles. The highest BCUT2D eigenvalue weighted by Crippen LogP contribution is 2.24. The third kappa shape index (κ3) is 8.07. The Morgan fingerprint density at radius 2 is 1.54 bits per heavy atom. The first kappa shape index (κ1) is 27.7. The van der Waals surface area contributed by atoms with Gasteiger partial charge in [-0.2, -0.15) is 0 Å². The van der Waals surface area contributed by atoms with Crippen LogP contribution in [0.2, 0.25) is 5.02 Å². The fraction of sp³-hybridized carbons (Fsp3) is 0.0645. The van der Waals surface area contributed by atoms with E-state index in [1.165, 1.54) is 11.8 Å². The molecule has 0 aliphatic carbocycles. The van der Waals surface area contributed by atoms with Crippen molar-refractivity contribution in [3.63, 3.8) is 0 Å². The number of aryl methyl sites for hydroxylation is 1. The number of carbonyl (C=O) groups is 3. The van der Waals surface area contributed by atoms with E-state index in [4.69, 9.17) is 11.6 Å². The number of thioether (sulfide) groups is 1. The summed E-state index contributed by atoms with van der Waals surface area (Å²) in [5.41, 5.74) is 3.40. The van der Waals surface area contributed by atoms with Crippen molar-refractivity contribution in [3.05, 3.63) is 131 Å². The van der Waals surface area contributed by atoms with Gasteiger partial charge in [0.2, 0.25) is 5.91 Å². The number of halogens is 1. The molecule has 39 heavy (non-hydrogen) atoms. The molecule has 0 atom stereocenters. The summed E-state index contributed by atoms with van der Waals surface area (Å²) in [6, 6.07) is 30.5. The van der Waals surface area contributed by atoms with Gasteiger partial charge in [0.25, 0.3) is 11.8 Å². The molecule has 0 fully saturated rings. The molecule has 0 spiro atoms. The Hall–Kier alpha value is -4.33. The van der Waals surface area contributed by atoms with Crippen LogP contribution in [-0.2, 0) is 9.59 Å². The maximum atomic E-state index is 13.3. The molecule has 0 aliphatic heterocycles. The van der Waals surface area contributed by atoms with Crippen LogP contribution >= 0.6 is 23.4 Å². The number of rotatable bonds is 9. The van der Waals surface area contributed by atoms with Crippen LogP contribution in [0.1, 0.15) is 21.5 Å². The van der Waals surface area contributed by atoms with Crippen LogP contribution in [0.4, 0.5) is 11.4 Å². The second-order valence-electron chi connectivity index (χ2n) is 8.53. The summed E-state index contributed by atoms with van der Waals surface area (Å²) < 4.78 is 0. The zero-order valence-corrected chi connectivity index (χ0v) is 22.7. The minimum absolute atomic E-state index is 0.107. The smallest absolute Gasteiger partial charge is 0.272 e. The number of carbonyl (C=O) groups excluding carboxylic acids is 3. The summed E-state index contributed by atoms with van der Waals surface area (Å²) >= 11 is 7.44. The number of amides is 3. The number of anilines is 2. The fourth-order valence-corrected chi connectivity index (χ4v) is 4.54. The second-order valence-corrected chi connectivity index (χ2v) is 9.99. The minimum atomic E-state index is -0.471. The molecule has 4 aromatic carbocycles. The Balaban J connectivity index is 1.46. The van der Waals surface area contributed by atoms with Gasteiger partial charge in [0.05, 0.1) is 16.5 Å². The molecule has 0 heterocycles. The first-order chi connectivity index (χ1) is 18.9. The van der Waals surface area contributed by atoms with Crippen LogP contribution in [0.25, 0.3) is 6.08 Å². The van der Waals surface area contributed by atoms with Crippen molar-refractivity contribution in [1.82, 2.24) is 5.32 Å². The molecular weight excluding hydrogens is 530 g/mol. The first-order valence-electron chi connectivity index (χ1n) is 12.1. The SMILES string of the molecule is Cc1ccccc1/C=C(\NC(=O)c1ccccc1)C(=O)Nc1cccc(SCC(=O)Nc2ccccc2Cl)c1. The van der Waals surface area contributed by atoms with E-state index in [-0.39, 0.29) is 23.3 Å². The summed E-state index contributed by atoms with van der Waals surface area (Å²) in [4.78, 5) is 39.4. The normalized spacial score (nSPS) is 11.0. The molecule has 196 valence electrons. The lowest BCUT2D eigenvalue weighted by Crippen LogP contribution is -2.30. The molecule has 0 bridgehead atoms. The Morgan fingerprint density at radius 1 is 0.821 bits per heavy atom. The van der Waals surface area contributed by atoms with Crippen LogP contribution in [0, 0.1) is 6.92 Å². The van der Waals surface area contributed by atoms with E-state index < -0.39 is 5.91 Å². The van der Waals surface area contributed by atoms with Crippen molar-refractivity contribution in [2.24, 2.45) is 0 Å². The van der Waals surface area contributed by atoms with Gasteiger partial charge in [-0.25, -0.2) is 0 Å². The van der Waals surface area contributed by atoms with E-state index >= 15 is 0 Å². The third-order valence-electron chi connectivity index (χ3n) is 5.63. The fourth-order valence-electron chi connectivity index (χ4n) is 3.61. The third-order valence-corrected chi connectivity index (χ3v) is 6.95. The predicted molar refractivity (Wildman–Crippen MR) is 159 cm³/mol. The van der Waals surface area contributed by atoms with Crippen LogP contribution in [-0.4, -0.2) is 23.5 Å². The molecule has 4 aromatic rings. The lowest BCUT2D eigenvalue weighted by atomic mass is 10.1. The van der Waals surface area contributed by atoms with E-state index in [1.807, 2.05) is 43.3 Å². The predicted octanol–water partition coefficient (Wildman–Crippen LogP) is 6.79. The molecule has 3 N–H and O–H groups in total. The molecule has 4 rings (SSSR count). The molecule has 0 aromatic heterocycles. The quantitative estimate of drug-likeness (QED) is 0.157. The Labute approximate surface area is 236 Å². The van der Waals surface area contributed by atoms with Crippen molar-refractivity contribution in [1.29, 1.82) is 0 Å². The minimum Gasteiger partial charge on any atom is -0.324 e. The zero-order chi connectivity index (χ0) is 27.6. The summed E-state index contributed by atoms with van der Waals surface area (Å²) in [5, 5.41) is 8.87. The van der Waals surface area contributed by atoms with Gasteiger partial charge in [0.1, 0.15) is 5.70 Å². The summed E-state index contributed by atoms with van der Waals surface area (Å²) in [7, 11) is 0. The van der Waals surface area contributed by atoms with E-state index in [9.17, 15) is 14.4 Å². The zero-order valence-electron chi connectivity index (χ0n) is 21.1. The highest BCUT2D eigenvalue weighted by molar-refractivity contribution is 8.00. The molecular formula is C31H26ClN3O3S. The van der Waals surface area contributed by atoms with Crippen molar-refractivity contribution in [3.8, 4) is 0 Å². The van der Waals surface area contributed by atoms with Crippen molar-refractivity contribution in [2.75, 3.05) is 16.4 Å². The maximum absolute atomic E-state index is 13.3. The van der Waals surface area contributed by atoms with E-state index in [1.54, 1.807) is 72.8 Å². The molecule has 0 aliphatic rings. The van der Waals surface area contributed by atoms with E-state index in [2.05, 4.69) is 16.0 Å². The topological polar surface area (TPSA) is 87.3 Å². The van der Waals surface area contributed by atoms with Gasteiger partial charge in [0.15, 0.2) is 0 Å². The van der Waals surface area contributed by atoms with Crippen molar-refractivity contribution < 1.29 is 14.4 Å². The summed E-state index contributed by atoms with van der Waals surface area (Å²) in [6.07, 6.45) is 1.66. The van der Waals surface area contributed by atoms with Crippen LogP contribution < -0.4 is 16.0 Å². The highest BCUT2D eigenvalue weighted by Gasteiger charge is 2.16. The van der Waals surface area contributed by atoms with Crippen LogP contribution in [0.3, 0.4) is 0 Å². The van der Waals surface area contributed by atoms with Gasteiger partial charge in [-0.15, -0.1) is 11.8 Å². The molecule has 0 unspecified atom stereocenters. The molecule has 0 saturated carbocycles. The van der Waals surface area contributed by atoms with Gasteiger partial charge in [-0.3, -0.25) is 14.4 Å². The number of hydrogen-bond donors (Lipinski definition) is 3. The second kappa shape index (κ2) is 13.5. The average molecular weight is 556 g/mol. The number of hydrogen-bond acceptors (Lipinski definition) is 4. The van der Waals surface area contributed by atoms with Gasteiger partial charge < -0.3 is 16.0 Å². The van der Waals surface area contributed by atoms with E-state index in [0.717, 1.165) is 16.0 Å². The number of benzene rings is 4. The largest absolute Gasteiger partial charge is 0.324 e. The van der Waals surface area contributed by atoms with Crippen LogP contribution in [0.15, 0.2) is 114 Å². The first-order valence-corrected chi connectivity index (χ1v) is 13.5. The Kier molecular flexibility index (Phi) is 9.56. The lowest BCUT2D eigenvalue weighted by Gasteiger charge is -2.13. The van der Waals surface area contributed by atoms with Gasteiger partial charge in [-0.05, 0) is 66.6 Å². The van der Waals surface area contributed by atoms with Gasteiger partial charge in [0, 0.05) is 16.1 Å². The Morgan fingerprint density at radius 3 is 2.31 bits per heavy atom.